The van der Waals surface area contributed by atoms with Crippen molar-refractivity contribution in [1.82, 2.24) is 0 Å². The van der Waals surface area contributed by atoms with Crippen LogP contribution in [0.3, 0.4) is 0 Å². The number of ether oxygens (including phenoxy) is 7. The van der Waals surface area contributed by atoms with Crippen LogP contribution in [0.5, 0.6) is 11.5 Å². The van der Waals surface area contributed by atoms with Crippen molar-refractivity contribution in [2.45, 2.75) is 78.7 Å². The lowest BCUT2D eigenvalue weighted by molar-refractivity contribution is -0.155. The van der Waals surface area contributed by atoms with Crippen LogP contribution in [0.2, 0.25) is 0 Å². The van der Waals surface area contributed by atoms with E-state index in [2.05, 4.69) is 0 Å². The van der Waals surface area contributed by atoms with Crippen LogP contribution in [0, 0.1) is 0 Å². The normalized spacial score (nSPS) is 13.9. The van der Waals surface area contributed by atoms with Crippen molar-refractivity contribution < 1.29 is 52.3 Å². The van der Waals surface area contributed by atoms with Gasteiger partial charge in [-0.05, 0) is 65.2 Å². The molecule has 0 heterocycles. The summed E-state index contributed by atoms with van der Waals surface area (Å²) in [6, 6.07) is 3.16. The first-order valence-electron chi connectivity index (χ1n) is 11.7. The molecule has 0 aromatic heterocycles. The Labute approximate surface area is 210 Å². The van der Waals surface area contributed by atoms with Crippen molar-refractivity contribution in [2.24, 2.45) is 5.73 Å². The van der Waals surface area contributed by atoms with Gasteiger partial charge < -0.3 is 38.9 Å². The number of rotatable bonds is 12. The first-order valence-corrected chi connectivity index (χ1v) is 11.7. The molecule has 0 saturated heterocycles. The van der Waals surface area contributed by atoms with Crippen LogP contribution < -0.4 is 15.2 Å². The van der Waals surface area contributed by atoms with Gasteiger partial charge in [0, 0.05) is 0 Å². The Morgan fingerprint density at radius 3 is 1.89 bits per heavy atom. The number of benzene rings is 1. The Hall–Kier alpha value is -3.54. The number of hydrogen-bond acceptors (Lipinski definition) is 12. The average Bonchev–Trinajstić information content (AvgIpc) is 2.80. The SMILES string of the molecule is CCOC(=O)Oc1ccc(C[C@H](N)C(=O)O[C@@H](C)[C@H](C)OC(=O)OC(C)CC)cc1OC(=O)OCC. The molecule has 0 saturated carbocycles. The third-order valence-corrected chi connectivity index (χ3v) is 4.79. The van der Waals surface area contributed by atoms with Crippen molar-refractivity contribution in [1.29, 1.82) is 0 Å². The standard InChI is InChI=1S/C24H35NO11/c1-7-14(4)32-24(29)34-16(6)15(5)33-21(26)18(25)12-17-10-11-19(35-22(27)30-8-2)20(13-17)36-23(28)31-9-3/h10-11,13-16,18H,7-9,12,25H2,1-6H3/t14?,15-,16-,18-/m0/s1. The first-order chi connectivity index (χ1) is 17.0. The molecule has 0 aliphatic carbocycles. The highest BCUT2D eigenvalue weighted by Crippen LogP contribution is 2.30. The van der Waals surface area contributed by atoms with Crippen LogP contribution in [-0.2, 0) is 34.9 Å². The van der Waals surface area contributed by atoms with E-state index < -0.39 is 42.7 Å². The second-order valence-electron chi connectivity index (χ2n) is 7.71. The summed E-state index contributed by atoms with van der Waals surface area (Å²) in [5.41, 5.74) is 6.47. The predicted molar refractivity (Wildman–Crippen MR) is 126 cm³/mol. The molecular weight excluding hydrogens is 478 g/mol. The first kappa shape index (κ1) is 30.5. The van der Waals surface area contributed by atoms with Gasteiger partial charge >= 0.3 is 24.4 Å². The summed E-state index contributed by atoms with van der Waals surface area (Å²) >= 11 is 0. The van der Waals surface area contributed by atoms with E-state index in [0.717, 1.165) is 0 Å². The summed E-state index contributed by atoms with van der Waals surface area (Å²) < 4.78 is 35.1. The van der Waals surface area contributed by atoms with E-state index in [1.165, 1.54) is 18.2 Å². The van der Waals surface area contributed by atoms with Crippen molar-refractivity contribution in [3.8, 4) is 11.5 Å². The quantitative estimate of drug-likeness (QED) is 0.244. The fourth-order valence-corrected chi connectivity index (χ4v) is 2.54. The molecule has 0 spiro atoms. The van der Waals surface area contributed by atoms with Gasteiger partial charge in [0.15, 0.2) is 11.5 Å². The van der Waals surface area contributed by atoms with E-state index in [-0.39, 0.29) is 37.2 Å². The fourth-order valence-electron chi connectivity index (χ4n) is 2.54. The maximum absolute atomic E-state index is 12.5. The molecule has 0 aliphatic heterocycles. The van der Waals surface area contributed by atoms with Crippen LogP contribution in [-0.4, -0.2) is 62.0 Å². The van der Waals surface area contributed by atoms with E-state index in [0.29, 0.717) is 12.0 Å². The minimum Gasteiger partial charge on any atom is -0.458 e. The molecule has 1 aromatic carbocycles. The minimum atomic E-state index is -1.10. The van der Waals surface area contributed by atoms with Gasteiger partial charge in [-0.15, -0.1) is 0 Å². The smallest absolute Gasteiger partial charge is 0.458 e. The van der Waals surface area contributed by atoms with Crippen LogP contribution in [0.4, 0.5) is 14.4 Å². The number of hydrogen-bond donors (Lipinski definition) is 1. The lowest BCUT2D eigenvalue weighted by atomic mass is 10.1. The summed E-state index contributed by atoms with van der Waals surface area (Å²) in [5.74, 6) is -0.965. The van der Waals surface area contributed by atoms with E-state index in [9.17, 15) is 19.2 Å². The van der Waals surface area contributed by atoms with Gasteiger partial charge in [-0.3, -0.25) is 4.79 Å². The molecule has 0 radical (unpaired) electrons. The molecule has 0 bridgehead atoms. The van der Waals surface area contributed by atoms with Gasteiger partial charge in [-0.2, -0.15) is 0 Å². The van der Waals surface area contributed by atoms with Gasteiger partial charge in [-0.25, -0.2) is 14.4 Å². The zero-order valence-corrected chi connectivity index (χ0v) is 21.4. The Balaban J connectivity index is 2.83. The maximum Gasteiger partial charge on any atom is 0.513 e. The average molecular weight is 514 g/mol. The van der Waals surface area contributed by atoms with E-state index in [1.807, 2.05) is 6.92 Å². The second-order valence-corrected chi connectivity index (χ2v) is 7.71. The largest absolute Gasteiger partial charge is 0.513 e. The summed E-state index contributed by atoms with van der Waals surface area (Å²) in [5, 5.41) is 0. The monoisotopic (exact) mass is 513 g/mol. The van der Waals surface area contributed by atoms with E-state index in [4.69, 9.17) is 38.9 Å². The molecule has 12 nitrogen and oxygen atoms in total. The molecular formula is C24H35NO11. The predicted octanol–water partition coefficient (Wildman–Crippen LogP) is 3.90. The van der Waals surface area contributed by atoms with Gasteiger partial charge in [-0.1, -0.05) is 13.0 Å². The molecule has 1 rings (SSSR count). The molecule has 4 atom stereocenters. The zero-order chi connectivity index (χ0) is 27.3. The topological polar surface area (TPSA) is 159 Å². The maximum atomic E-state index is 12.5. The van der Waals surface area contributed by atoms with Crippen LogP contribution in [0.1, 0.15) is 53.5 Å². The zero-order valence-electron chi connectivity index (χ0n) is 21.4. The third-order valence-electron chi connectivity index (χ3n) is 4.79. The molecule has 12 heteroatoms. The van der Waals surface area contributed by atoms with Gasteiger partial charge in [0.2, 0.25) is 0 Å². The lowest BCUT2D eigenvalue weighted by Crippen LogP contribution is -2.39. The van der Waals surface area contributed by atoms with Crippen LogP contribution in [0.15, 0.2) is 18.2 Å². The summed E-state index contributed by atoms with van der Waals surface area (Å²) in [6.07, 6.45) is -4.11. The summed E-state index contributed by atoms with van der Waals surface area (Å²) in [7, 11) is 0. The molecule has 2 N–H and O–H groups in total. The summed E-state index contributed by atoms with van der Waals surface area (Å²) in [4.78, 5) is 47.7. The molecule has 1 unspecified atom stereocenters. The van der Waals surface area contributed by atoms with Gasteiger partial charge in [0.25, 0.3) is 0 Å². The van der Waals surface area contributed by atoms with Crippen molar-refractivity contribution in [3.63, 3.8) is 0 Å². The number of carbonyl (C=O) groups is 4. The van der Waals surface area contributed by atoms with Gasteiger partial charge in [0.05, 0.1) is 13.2 Å². The van der Waals surface area contributed by atoms with Gasteiger partial charge in [0.1, 0.15) is 24.4 Å². The molecule has 202 valence electrons. The molecule has 0 aliphatic rings. The van der Waals surface area contributed by atoms with Crippen molar-refractivity contribution in [3.05, 3.63) is 23.8 Å². The Morgan fingerprint density at radius 1 is 0.778 bits per heavy atom. The Morgan fingerprint density at radius 2 is 1.33 bits per heavy atom. The lowest BCUT2D eigenvalue weighted by Gasteiger charge is -2.23. The summed E-state index contributed by atoms with van der Waals surface area (Å²) in [6.45, 7) is 10.1. The Kier molecular flexibility index (Phi) is 13.1. The number of esters is 1. The van der Waals surface area contributed by atoms with Crippen LogP contribution in [0.25, 0.3) is 0 Å². The van der Waals surface area contributed by atoms with Crippen LogP contribution >= 0.6 is 0 Å². The molecule has 1 aromatic rings. The minimum absolute atomic E-state index is 0.00425. The second kappa shape index (κ2) is 15.5. The fraction of sp³-hybridized carbons (Fsp3) is 0.583. The molecule has 0 amide bonds. The van der Waals surface area contributed by atoms with E-state index >= 15 is 0 Å². The Bertz CT molecular complexity index is 889. The van der Waals surface area contributed by atoms with Crippen molar-refractivity contribution in [2.75, 3.05) is 13.2 Å². The number of nitrogens with two attached hydrogens (primary N) is 1. The van der Waals surface area contributed by atoms with E-state index in [1.54, 1.807) is 34.6 Å². The highest BCUT2D eigenvalue weighted by atomic mass is 16.7. The number of carbonyl (C=O) groups excluding carboxylic acids is 4. The van der Waals surface area contributed by atoms with Crippen molar-refractivity contribution >= 4 is 24.4 Å². The molecule has 36 heavy (non-hydrogen) atoms. The molecule has 0 fully saturated rings. The highest BCUT2D eigenvalue weighted by Gasteiger charge is 2.26. The highest BCUT2D eigenvalue weighted by molar-refractivity contribution is 5.76. The third kappa shape index (κ3) is 10.8.